The predicted molar refractivity (Wildman–Crippen MR) is 133 cm³/mol. The van der Waals surface area contributed by atoms with Crippen molar-refractivity contribution in [3.8, 4) is 17.2 Å². The summed E-state index contributed by atoms with van der Waals surface area (Å²) in [5.41, 5.74) is 5.74. The maximum Gasteiger partial charge on any atom is 0.269 e. The average molecular weight is 579 g/mol. The van der Waals surface area contributed by atoms with E-state index >= 15 is 0 Å². The lowest BCUT2D eigenvalue weighted by Gasteiger charge is -2.11. The number of ether oxygens (including phenoxy) is 3. The van der Waals surface area contributed by atoms with Gasteiger partial charge < -0.3 is 19.6 Å². The number of non-ortho nitro benzene ring substituents is 1. The van der Waals surface area contributed by atoms with Crippen LogP contribution in [0.4, 0.5) is 5.69 Å². The fraction of sp³-hybridized carbons (Fsp3) is 0.174. The van der Waals surface area contributed by atoms with Crippen LogP contribution in [-0.4, -0.2) is 25.4 Å². The first-order chi connectivity index (χ1) is 15.9. The molecular weight excluding hydrogens is 558 g/mol. The van der Waals surface area contributed by atoms with Gasteiger partial charge in [-0.3, -0.25) is 10.1 Å². The van der Waals surface area contributed by atoms with Crippen molar-refractivity contribution in [2.24, 2.45) is 5.10 Å². The van der Waals surface area contributed by atoms with Crippen LogP contribution in [0.1, 0.15) is 16.7 Å². The first-order valence-electron chi connectivity index (χ1n) is 9.73. The molecule has 3 rings (SSSR count). The lowest BCUT2D eigenvalue weighted by Crippen LogP contribution is -2.06. The summed E-state index contributed by atoms with van der Waals surface area (Å²) in [4.78, 5) is 10.3. The number of nitrogens with one attached hydrogen (secondary N) is 1. The zero-order chi connectivity index (χ0) is 23.8. The minimum absolute atomic E-state index is 0.0458. The summed E-state index contributed by atoms with van der Waals surface area (Å²) in [7, 11) is 3.20. The van der Waals surface area contributed by atoms with Crippen molar-refractivity contribution in [1.29, 1.82) is 0 Å². The Kier molecular flexibility index (Phi) is 8.67. The van der Waals surface area contributed by atoms with Crippen molar-refractivity contribution >= 4 is 43.8 Å². The van der Waals surface area contributed by atoms with E-state index in [1.165, 1.54) is 12.1 Å². The zero-order valence-electron chi connectivity index (χ0n) is 17.9. The van der Waals surface area contributed by atoms with Crippen LogP contribution in [0.2, 0.25) is 0 Å². The number of halogens is 2. The maximum absolute atomic E-state index is 10.8. The summed E-state index contributed by atoms with van der Waals surface area (Å²) in [6.45, 7) is 0.797. The van der Waals surface area contributed by atoms with E-state index in [9.17, 15) is 10.1 Å². The molecule has 0 aliphatic carbocycles. The highest BCUT2D eigenvalue weighted by atomic mass is 79.9. The van der Waals surface area contributed by atoms with Crippen LogP contribution < -0.4 is 19.6 Å². The van der Waals surface area contributed by atoms with E-state index in [0.29, 0.717) is 23.8 Å². The fourth-order valence-corrected chi connectivity index (χ4v) is 4.36. The molecule has 0 saturated heterocycles. The number of rotatable bonds is 10. The van der Waals surface area contributed by atoms with Gasteiger partial charge in [0.15, 0.2) is 11.5 Å². The van der Waals surface area contributed by atoms with Gasteiger partial charge in [-0.25, -0.2) is 0 Å². The highest BCUT2D eigenvalue weighted by Crippen LogP contribution is 2.35. The topological polar surface area (TPSA) is 95.2 Å². The number of methoxy groups -OCH3 is 2. The lowest BCUT2D eigenvalue weighted by atomic mass is 10.2. The molecule has 0 amide bonds. The number of nitro groups is 1. The van der Waals surface area contributed by atoms with Crippen LogP contribution in [0.15, 0.2) is 68.6 Å². The molecule has 3 aromatic carbocycles. The van der Waals surface area contributed by atoms with Gasteiger partial charge in [-0.05, 0) is 84.9 Å². The van der Waals surface area contributed by atoms with E-state index in [1.807, 2.05) is 30.3 Å². The molecule has 0 atom stereocenters. The molecule has 0 unspecified atom stereocenters. The first kappa shape index (κ1) is 24.5. The Morgan fingerprint density at radius 3 is 2.21 bits per heavy atom. The van der Waals surface area contributed by atoms with E-state index in [1.54, 1.807) is 32.6 Å². The molecule has 0 heterocycles. The van der Waals surface area contributed by atoms with Crippen molar-refractivity contribution in [3.63, 3.8) is 0 Å². The Morgan fingerprint density at radius 2 is 1.61 bits per heavy atom. The van der Waals surface area contributed by atoms with E-state index in [4.69, 9.17) is 14.2 Å². The van der Waals surface area contributed by atoms with Gasteiger partial charge in [0.1, 0.15) is 12.4 Å². The standard InChI is InChI=1S/C23H21Br2N3O5/c1-31-21-8-5-16(11-22(21)32-2)12-26-27-13-17-9-19(24)23(20(25)10-17)33-14-15-3-6-18(7-4-15)28(29)30/h3-11,13,26H,12,14H2,1-2H3/b27-13-. The SMILES string of the molecule is COc1ccc(CN/N=C\c2cc(Br)c(OCc3ccc([N+](=O)[O-])cc3)c(Br)c2)cc1OC. The Labute approximate surface area is 208 Å². The second-order valence-corrected chi connectivity index (χ2v) is 8.52. The third kappa shape index (κ3) is 6.69. The van der Waals surface area contributed by atoms with E-state index in [0.717, 1.165) is 25.6 Å². The molecular formula is C23H21Br2N3O5. The Morgan fingerprint density at radius 1 is 0.970 bits per heavy atom. The molecule has 0 aromatic heterocycles. The van der Waals surface area contributed by atoms with Crippen LogP contribution in [-0.2, 0) is 13.2 Å². The van der Waals surface area contributed by atoms with Gasteiger partial charge in [-0.1, -0.05) is 6.07 Å². The van der Waals surface area contributed by atoms with Crippen molar-refractivity contribution in [3.05, 3.63) is 90.3 Å². The number of hydrazone groups is 1. The van der Waals surface area contributed by atoms with Crippen LogP contribution in [0.5, 0.6) is 17.2 Å². The lowest BCUT2D eigenvalue weighted by molar-refractivity contribution is -0.384. The largest absolute Gasteiger partial charge is 0.493 e. The molecule has 3 aromatic rings. The van der Waals surface area contributed by atoms with Crippen molar-refractivity contribution in [2.75, 3.05) is 14.2 Å². The van der Waals surface area contributed by atoms with E-state index in [-0.39, 0.29) is 12.3 Å². The van der Waals surface area contributed by atoms with Crippen molar-refractivity contribution in [2.45, 2.75) is 13.2 Å². The Balaban J connectivity index is 1.59. The predicted octanol–water partition coefficient (Wildman–Crippen LogP) is 5.84. The Hall–Kier alpha value is -3.11. The quantitative estimate of drug-likeness (QED) is 0.184. The number of hydrogen-bond acceptors (Lipinski definition) is 7. The summed E-state index contributed by atoms with van der Waals surface area (Å²) < 4.78 is 17.9. The van der Waals surface area contributed by atoms with Crippen LogP contribution in [0, 0.1) is 10.1 Å². The number of nitrogens with zero attached hydrogens (tertiary/aromatic N) is 2. The molecule has 0 saturated carbocycles. The van der Waals surface area contributed by atoms with Gasteiger partial charge in [0.25, 0.3) is 5.69 Å². The smallest absolute Gasteiger partial charge is 0.269 e. The van der Waals surface area contributed by atoms with Crippen LogP contribution in [0.25, 0.3) is 0 Å². The van der Waals surface area contributed by atoms with Gasteiger partial charge in [-0.2, -0.15) is 5.10 Å². The van der Waals surface area contributed by atoms with Crippen molar-refractivity contribution in [1.82, 2.24) is 5.43 Å². The highest BCUT2D eigenvalue weighted by Gasteiger charge is 2.10. The first-order valence-corrected chi connectivity index (χ1v) is 11.3. The average Bonchev–Trinajstić information content (AvgIpc) is 2.81. The fourth-order valence-electron chi connectivity index (χ4n) is 2.91. The molecule has 1 N–H and O–H groups in total. The minimum atomic E-state index is -0.430. The molecule has 172 valence electrons. The minimum Gasteiger partial charge on any atom is -0.493 e. The second-order valence-electron chi connectivity index (χ2n) is 6.81. The molecule has 8 nitrogen and oxygen atoms in total. The molecule has 0 aliphatic rings. The summed E-state index contributed by atoms with van der Waals surface area (Å²) in [5.74, 6) is 1.97. The number of hydrogen-bond donors (Lipinski definition) is 1. The van der Waals surface area contributed by atoms with Crippen LogP contribution in [0.3, 0.4) is 0 Å². The maximum atomic E-state index is 10.8. The second kappa shape index (κ2) is 11.7. The molecule has 33 heavy (non-hydrogen) atoms. The third-order valence-corrected chi connectivity index (χ3v) is 5.77. The van der Waals surface area contributed by atoms with Gasteiger partial charge in [-0.15, -0.1) is 0 Å². The molecule has 0 spiro atoms. The van der Waals surface area contributed by atoms with Crippen molar-refractivity contribution < 1.29 is 19.1 Å². The summed E-state index contributed by atoms with van der Waals surface area (Å²) in [5, 5.41) is 15.0. The van der Waals surface area contributed by atoms with E-state index < -0.39 is 4.92 Å². The number of nitro benzene ring substituents is 1. The van der Waals surface area contributed by atoms with Gasteiger partial charge in [0.05, 0.1) is 40.8 Å². The monoisotopic (exact) mass is 577 g/mol. The molecule has 0 radical (unpaired) electrons. The summed E-state index contributed by atoms with van der Waals surface area (Å²) in [6, 6.07) is 15.7. The van der Waals surface area contributed by atoms with Gasteiger partial charge >= 0.3 is 0 Å². The number of benzene rings is 3. The summed E-state index contributed by atoms with van der Waals surface area (Å²) in [6.07, 6.45) is 1.70. The highest BCUT2D eigenvalue weighted by molar-refractivity contribution is 9.11. The molecule has 10 heteroatoms. The normalized spacial score (nSPS) is 10.8. The van der Waals surface area contributed by atoms with Crippen LogP contribution >= 0.6 is 31.9 Å². The van der Waals surface area contributed by atoms with E-state index in [2.05, 4.69) is 42.4 Å². The molecule has 0 fully saturated rings. The summed E-state index contributed by atoms with van der Waals surface area (Å²) >= 11 is 7.05. The Bertz CT molecular complexity index is 1130. The molecule has 0 aliphatic heterocycles. The zero-order valence-corrected chi connectivity index (χ0v) is 21.1. The molecule has 0 bridgehead atoms. The van der Waals surface area contributed by atoms with Gasteiger partial charge in [0, 0.05) is 12.1 Å². The van der Waals surface area contributed by atoms with Gasteiger partial charge in [0.2, 0.25) is 0 Å². The third-order valence-electron chi connectivity index (χ3n) is 4.59.